The number of H-pyrrole nitrogens is 1. The highest BCUT2D eigenvalue weighted by Gasteiger charge is 2.09. The summed E-state index contributed by atoms with van der Waals surface area (Å²) >= 11 is 5.98. The van der Waals surface area contributed by atoms with Crippen molar-refractivity contribution < 1.29 is 9.53 Å². The predicted octanol–water partition coefficient (Wildman–Crippen LogP) is 2.64. The molecule has 0 fully saturated rings. The van der Waals surface area contributed by atoms with Gasteiger partial charge in [0.05, 0.1) is 25.0 Å². The Morgan fingerprint density at radius 2 is 1.74 bits per heavy atom. The number of halogens is 1. The number of anilines is 1. The smallest absolute Gasteiger partial charge is 0.335 e. The highest BCUT2D eigenvalue weighted by molar-refractivity contribution is 6.30. The summed E-state index contributed by atoms with van der Waals surface area (Å²) in [6.45, 7) is 2.27. The molecule has 4 aromatic rings. The van der Waals surface area contributed by atoms with Gasteiger partial charge in [0.25, 0.3) is 0 Å². The van der Waals surface area contributed by atoms with Gasteiger partial charge in [-0.25, -0.2) is 24.1 Å². The standard InChI is InChI=1S/C26H26ClN7O4/c1-3-33-25(36)32-24(34(26(33)37)16-17-4-6-18(27)7-5-17)31-19-8-10-20(11-9-19)38-21-12-13-22(29-14-21)30-15-23(35)28-2/h4-14H,3,15-16H2,1-2H3,(H,28,35)(H,29,30)(H,31,32,36). The van der Waals surface area contributed by atoms with Gasteiger partial charge < -0.3 is 15.4 Å². The van der Waals surface area contributed by atoms with Gasteiger partial charge in [-0.05, 0) is 61.0 Å². The molecule has 0 atom stereocenters. The van der Waals surface area contributed by atoms with Crippen molar-refractivity contribution >= 4 is 29.0 Å². The van der Waals surface area contributed by atoms with E-state index in [0.29, 0.717) is 28.0 Å². The first-order valence-electron chi connectivity index (χ1n) is 11.8. The second-order valence-electron chi connectivity index (χ2n) is 8.11. The van der Waals surface area contributed by atoms with E-state index in [1.807, 2.05) is 12.1 Å². The van der Waals surface area contributed by atoms with Crippen LogP contribution in [0, 0.1) is 0 Å². The fourth-order valence-electron chi connectivity index (χ4n) is 3.49. The molecule has 0 bridgehead atoms. The molecule has 0 aliphatic heterocycles. The lowest BCUT2D eigenvalue weighted by Crippen LogP contribution is -2.49. The van der Waals surface area contributed by atoms with Gasteiger partial charge in [0.2, 0.25) is 11.5 Å². The molecule has 0 spiro atoms. The number of likely N-dealkylation sites (N-methyl/N-ethyl adjacent to an activating group) is 1. The van der Waals surface area contributed by atoms with Gasteiger partial charge in [0, 0.05) is 18.6 Å². The van der Waals surface area contributed by atoms with E-state index < -0.39 is 11.4 Å². The van der Waals surface area contributed by atoms with Crippen LogP contribution in [0.3, 0.4) is 0 Å². The minimum atomic E-state index is -0.538. The lowest BCUT2D eigenvalue weighted by molar-refractivity contribution is -0.118. The maximum Gasteiger partial charge on any atom is 0.335 e. The Morgan fingerprint density at radius 1 is 1.03 bits per heavy atom. The molecule has 2 heterocycles. The van der Waals surface area contributed by atoms with Crippen LogP contribution in [0.5, 0.6) is 11.5 Å². The number of rotatable bonds is 9. The van der Waals surface area contributed by atoms with Gasteiger partial charge in [-0.15, -0.1) is 0 Å². The molecule has 0 saturated carbocycles. The number of carbonyl (C=O) groups is 1. The zero-order chi connectivity index (χ0) is 27.1. The molecule has 0 unspecified atom stereocenters. The number of nitrogens with one attached hydrogen (secondary N) is 3. The number of hydrogen-bond donors (Lipinski definition) is 3. The SMILES string of the molecule is CCn1c(=O)[nH]/c(=N\c2ccc(Oc3ccc(NCC(=O)NC)nc3)cc2)n(Cc2ccc(Cl)cc2)c1=O. The Bertz CT molecular complexity index is 1590. The molecule has 11 nitrogen and oxygen atoms in total. The van der Waals surface area contributed by atoms with Gasteiger partial charge in [0.15, 0.2) is 0 Å². The van der Waals surface area contributed by atoms with Crippen molar-refractivity contribution in [1.29, 1.82) is 0 Å². The Kier molecular flexibility index (Phi) is 8.39. The number of aromatic amines is 1. The quantitative estimate of drug-likeness (QED) is 0.301. The van der Waals surface area contributed by atoms with E-state index in [1.165, 1.54) is 10.8 Å². The zero-order valence-corrected chi connectivity index (χ0v) is 21.5. The average Bonchev–Trinajstić information content (AvgIpc) is 2.92. The third kappa shape index (κ3) is 6.56. The first-order chi connectivity index (χ1) is 18.4. The molecule has 0 saturated heterocycles. The number of pyridine rings is 1. The molecule has 38 heavy (non-hydrogen) atoms. The molecule has 0 aliphatic carbocycles. The highest BCUT2D eigenvalue weighted by Crippen LogP contribution is 2.24. The number of aromatic nitrogens is 4. The predicted molar refractivity (Wildman–Crippen MR) is 144 cm³/mol. The van der Waals surface area contributed by atoms with Crippen molar-refractivity contribution in [3.63, 3.8) is 0 Å². The molecule has 3 N–H and O–H groups in total. The topological polar surface area (TPSA) is 135 Å². The maximum absolute atomic E-state index is 13.0. The first-order valence-corrected chi connectivity index (χ1v) is 12.2. The number of benzene rings is 2. The first kappa shape index (κ1) is 26.4. The molecule has 0 radical (unpaired) electrons. The second kappa shape index (κ2) is 12.1. The molecular weight excluding hydrogens is 510 g/mol. The summed E-state index contributed by atoms with van der Waals surface area (Å²) in [5.74, 6) is 1.44. The third-order valence-electron chi connectivity index (χ3n) is 5.50. The number of nitrogens with zero attached hydrogens (tertiary/aromatic N) is 4. The number of ether oxygens (including phenoxy) is 1. The Labute approximate surface area is 222 Å². The number of hydrogen-bond acceptors (Lipinski definition) is 7. The van der Waals surface area contributed by atoms with Gasteiger partial charge in [-0.2, -0.15) is 0 Å². The summed E-state index contributed by atoms with van der Waals surface area (Å²) in [6, 6.07) is 17.4. The minimum absolute atomic E-state index is 0.118. The monoisotopic (exact) mass is 535 g/mol. The van der Waals surface area contributed by atoms with Gasteiger partial charge in [-0.3, -0.25) is 14.3 Å². The molecule has 4 rings (SSSR count). The van der Waals surface area contributed by atoms with Crippen LogP contribution in [0.25, 0.3) is 0 Å². The van der Waals surface area contributed by atoms with Crippen molar-refractivity contribution in [3.8, 4) is 11.5 Å². The van der Waals surface area contributed by atoms with Crippen LogP contribution in [0.15, 0.2) is 81.4 Å². The van der Waals surface area contributed by atoms with Crippen LogP contribution < -0.4 is 32.4 Å². The molecule has 2 aromatic heterocycles. The summed E-state index contributed by atoms with van der Waals surface area (Å²) in [4.78, 5) is 48.3. The molecule has 2 aromatic carbocycles. The van der Waals surface area contributed by atoms with Crippen LogP contribution in [0.1, 0.15) is 12.5 Å². The van der Waals surface area contributed by atoms with E-state index in [2.05, 4.69) is 25.6 Å². The Hall–Kier alpha value is -4.64. The van der Waals surface area contributed by atoms with Gasteiger partial charge in [0.1, 0.15) is 17.3 Å². The molecule has 1 amide bonds. The Balaban J connectivity index is 1.56. The second-order valence-corrected chi connectivity index (χ2v) is 8.54. The van der Waals surface area contributed by atoms with E-state index in [1.54, 1.807) is 62.5 Å². The van der Waals surface area contributed by atoms with E-state index in [4.69, 9.17) is 16.3 Å². The Morgan fingerprint density at radius 3 is 2.37 bits per heavy atom. The molecule has 12 heteroatoms. The number of amides is 1. The zero-order valence-electron chi connectivity index (χ0n) is 20.8. The van der Waals surface area contributed by atoms with Crippen LogP contribution in [0.2, 0.25) is 5.02 Å². The van der Waals surface area contributed by atoms with Crippen molar-refractivity contribution in [2.75, 3.05) is 18.9 Å². The summed E-state index contributed by atoms with van der Waals surface area (Å²) in [5.41, 5.74) is 0.459. The minimum Gasteiger partial charge on any atom is -0.456 e. The van der Waals surface area contributed by atoms with Crippen LogP contribution in [-0.2, 0) is 17.9 Å². The summed E-state index contributed by atoms with van der Waals surface area (Å²) < 4.78 is 8.34. The average molecular weight is 536 g/mol. The largest absolute Gasteiger partial charge is 0.456 e. The normalized spacial score (nSPS) is 11.3. The van der Waals surface area contributed by atoms with E-state index in [0.717, 1.165) is 10.1 Å². The highest BCUT2D eigenvalue weighted by atomic mass is 35.5. The van der Waals surface area contributed by atoms with Gasteiger partial charge >= 0.3 is 11.4 Å². The van der Waals surface area contributed by atoms with Crippen molar-refractivity contribution in [2.45, 2.75) is 20.0 Å². The van der Waals surface area contributed by atoms with Crippen LogP contribution in [0.4, 0.5) is 11.5 Å². The molecule has 0 aliphatic rings. The summed E-state index contributed by atoms with van der Waals surface area (Å²) in [6.07, 6.45) is 1.54. The van der Waals surface area contributed by atoms with Gasteiger partial charge in [-0.1, -0.05) is 23.7 Å². The molecule has 196 valence electrons. The van der Waals surface area contributed by atoms with Crippen molar-refractivity contribution in [2.24, 2.45) is 4.99 Å². The van der Waals surface area contributed by atoms with E-state index in [9.17, 15) is 14.4 Å². The lowest BCUT2D eigenvalue weighted by atomic mass is 10.2. The van der Waals surface area contributed by atoms with Crippen LogP contribution in [-0.4, -0.2) is 38.6 Å². The van der Waals surface area contributed by atoms with E-state index >= 15 is 0 Å². The van der Waals surface area contributed by atoms with Crippen LogP contribution >= 0.6 is 11.6 Å². The van der Waals surface area contributed by atoms with Crippen molar-refractivity contribution in [1.82, 2.24) is 24.4 Å². The lowest BCUT2D eigenvalue weighted by Gasteiger charge is -2.10. The van der Waals surface area contributed by atoms with E-state index in [-0.39, 0.29) is 31.2 Å². The fourth-order valence-corrected chi connectivity index (χ4v) is 3.61. The summed E-state index contributed by atoms with van der Waals surface area (Å²) in [7, 11) is 1.56. The van der Waals surface area contributed by atoms with Crippen molar-refractivity contribution in [3.05, 3.63) is 104 Å². The number of carbonyl (C=O) groups excluding carboxylic acids is 1. The summed E-state index contributed by atoms with van der Waals surface area (Å²) in [5, 5.41) is 6.02. The molecular formula is C26H26ClN7O4. The maximum atomic E-state index is 13.0. The fraction of sp³-hybridized carbons (Fsp3) is 0.192. The third-order valence-corrected chi connectivity index (χ3v) is 5.76.